The Kier molecular flexibility index (Phi) is 52.0. The highest BCUT2D eigenvalue weighted by Gasteiger charge is 2.20. The van der Waals surface area contributed by atoms with E-state index in [-0.39, 0.29) is 18.5 Å². The molecule has 374 valence electrons. The van der Waals surface area contributed by atoms with Gasteiger partial charge in [-0.2, -0.15) is 0 Å². The zero-order valence-electron chi connectivity index (χ0n) is 42.6. The molecule has 0 radical (unpaired) electrons. The molecule has 0 rings (SSSR count). The molecule has 0 aliphatic carbocycles. The number of aliphatic hydroxyl groups excluding tert-OH is 2. The highest BCUT2D eigenvalue weighted by Crippen LogP contribution is 2.17. The summed E-state index contributed by atoms with van der Waals surface area (Å²) in [4.78, 5) is 24.5. The molecule has 2 unspecified atom stereocenters. The molecule has 0 aliphatic rings. The third-order valence-electron chi connectivity index (χ3n) is 13.3. The molecule has 0 aliphatic heterocycles. The molecule has 0 aromatic carbocycles. The summed E-state index contributed by atoms with van der Waals surface area (Å²) in [6, 6.07) is -0.549. The maximum Gasteiger partial charge on any atom is 0.305 e. The molecule has 6 heteroatoms. The lowest BCUT2D eigenvalue weighted by Crippen LogP contribution is -2.45. The second kappa shape index (κ2) is 53.2. The topological polar surface area (TPSA) is 95.9 Å². The first-order valence-electron chi connectivity index (χ1n) is 28.4. The van der Waals surface area contributed by atoms with Crippen molar-refractivity contribution in [2.45, 2.75) is 328 Å². The highest BCUT2D eigenvalue weighted by atomic mass is 16.5. The first kappa shape index (κ1) is 61.6. The zero-order valence-corrected chi connectivity index (χ0v) is 42.6. The van der Waals surface area contributed by atoms with Gasteiger partial charge < -0.3 is 20.3 Å². The van der Waals surface area contributed by atoms with Crippen molar-refractivity contribution in [2.75, 3.05) is 13.2 Å². The fraction of sp³-hybridized carbons (Fsp3) is 0.930. The number of nitrogens with one attached hydrogen (secondary N) is 1. The molecule has 6 nitrogen and oxygen atoms in total. The number of allylic oxidation sites excluding steroid dienone is 2. The molecule has 2 atom stereocenters. The zero-order chi connectivity index (χ0) is 45.8. The van der Waals surface area contributed by atoms with Crippen LogP contribution in [0, 0.1) is 0 Å². The van der Waals surface area contributed by atoms with Gasteiger partial charge in [0.05, 0.1) is 25.4 Å². The van der Waals surface area contributed by atoms with E-state index in [1.807, 2.05) is 0 Å². The van der Waals surface area contributed by atoms with Gasteiger partial charge in [-0.05, 0) is 51.4 Å². The summed E-state index contributed by atoms with van der Waals surface area (Å²) in [7, 11) is 0. The van der Waals surface area contributed by atoms with Crippen LogP contribution >= 0.6 is 0 Å². The van der Waals surface area contributed by atoms with Crippen molar-refractivity contribution in [3.8, 4) is 0 Å². The summed E-state index contributed by atoms with van der Waals surface area (Å²) in [5.41, 5.74) is 0. The van der Waals surface area contributed by atoms with Crippen LogP contribution in [0.25, 0.3) is 0 Å². The maximum absolute atomic E-state index is 12.5. The molecule has 0 fully saturated rings. The molecule has 0 aromatic rings. The number of esters is 1. The van der Waals surface area contributed by atoms with Crippen LogP contribution in [0.15, 0.2) is 12.2 Å². The van der Waals surface area contributed by atoms with E-state index in [0.29, 0.717) is 25.9 Å². The van der Waals surface area contributed by atoms with E-state index in [2.05, 4.69) is 31.3 Å². The maximum atomic E-state index is 12.5. The van der Waals surface area contributed by atoms with E-state index in [4.69, 9.17) is 4.74 Å². The van der Waals surface area contributed by atoms with Crippen LogP contribution < -0.4 is 5.32 Å². The SMILES string of the molecule is CCCCCC/C=C\CCCCCCCC(=O)OCCCCCCCCCCCCCCCCC(=O)NC(CO)C(O)CCCCCCCCCCCCCCCCCCCCC. The third kappa shape index (κ3) is 49.9. The van der Waals surface area contributed by atoms with Gasteiger partial charge in [0.1, 0.15) is 0 Å². The van der Waals surface area contributed by atoms with Gasteiger partial charge in [0.25, 0.3) is 0 Å². The Morgan fingerprint density at radius 2 is 0.746 bits per heavy atom. The quantitative estimate of drug-likeness (QED) is 0.0321. The number of hydrogen-bond donors (Lipinski definition) is 3. The van der Waals surface area contributed by atoms with Crippen molar-refractivity contribution < 1.29 is 24.5 Å². The van der Waals surface area contributed by atoms with E-state index in [0.717, 1.165) is 51.4 Å². The van der Waals surface area contributed by atoms with Crippen LogP contribution in [0.4, 0.5) is 0 Å². The van der Waals surface area contributed by atoms with Gasteiger partial charge in [-0.1, -0.05) is 264 Å². The Bertz CT molecular complexity index is 939. The molecule has 0 heterocycles. The van der Waals surface area contributed by atoms with E-state index in [1.54, 1.807) is 0 Å². The first-order chi connectivity index (χ1) is 31.0. The van der Waals surface area contributed by atoms with Crippen molar-refractivity contribution in [1.29, 1.82) is 0 Å². The average Bonchev–Trinajstić information content (AvgIpc) is 3.28. The van der Waals surface area contributed by atoms with Crippen LogP contribution in [0.1, 0.15) is 316 Å². The van der Waals surface area contributed by atoms with Crippen molar-refractivity contribution in [1.82, 2.24) is 5.32 Å². The van der Waals surface area contributed by atoms with E-state index >= 15 is 0 Å². The third-order valence-corrected chi connectivity index (χ3v) is 13.3. The Labute approximate surface area is 393 Å². The van der Waals surface area contributed by atoms with Crippen LogP contribution in [0.5, 0.6) is 0 Å². The van der Waals surface area contributed by atoms with Gasteiger partial charge in [0.15, 0.2) is 0 Å². The lowest BCUT2D eigenvalue weighted by molar-refractivity contribution is -0.143. The predicted molar refractivity (Wildman–Crippen MR) is 273 cm³/mol. The minimum absolute atomic E-state index is 0.0106. The summed E-state index contributed by atoms with van der Waals surface area (Å²) in [6.07, 6.45) is 61.9. The Balaban J connectivity index is 3.44. The smallest absolute Gasteiger partial charge is 0.305 e. The average molecular weight is 891 g/mol. The number of hydrogen-bond acceptors (Lipinski definition) is 5. The standard InChI is InChI=1S/C57H111NO5/c1-3-5-7-9-11-13-15-17-18-19-20-21-22-26-29-33-37-41-45-49-55(60)54(53-59)58-56(61)50-46-42-38-34-30-27-23-24-28-32-36-40-44-48-52-63-57(62)51-47-43-39-35-31-25-16-14-12-10-8-6-4-2/h14,16,54-55,59-60H,3-13,15,17-53H2,1-2H3,(H,58,61)/b16-14-. The Morgan fingerprint density at radius 3 is 1.14 bits per heavy atom. The largest absolute Gasteiger partial charge is 0.466 e. The molecule has 0 aromatic heterocycles. The van der Waals surface area contributed by atoms with E-state index in [1.165, 1.54) is 231 Å². The number of carbonyl (C=O) groups is 2. The molecule has 0 saturated carbocycles. The Morgan fingerprint density at radius 1 is 0.429 bits per heavy atom. The normalized spacial score (nSPS) is 12.6. The summed E-state index contributed by atoms with van der Waals surface area (Å²) in [5, 5.41) is 23.3. The number of aliphatic hydroxyl groups is 2. The molecular formula is C57H111NO5. The fourth-order valence-corrected chi connectivity index (χ4v) is 8.93. The van der Waals surface area contributed by atoms with Gasteiger partial charge in [0, 0.05) is 12.8 Å². The predicted octanol–water partition coefficient (Wildman–Crippen LogP) is 17.3. The number of carbonyl (C=O) groups excluding carboxylic acids is 2. The molecule has 3 N–H and O–H groups in total. The summed E-state index contributed by atoms with van der Waals surface area (Å²) >= 11 is 0. The number of amides is 1. The fourth-order valence-electron chi connectivity index (χ4n) is 8.93. The van der Waals surface area contributed by atoms with Gasteiger partial charge in [-0.15, -0.1) is 0 Å². The van der Waals surface area contributed by atoms with Gasteiger partial charge in [-0.3, -0.25) is 9.59 Å². The number of unbranched alkanes of at least 4 members (excludes halogenated alkanes) is 40. The monoisotopic (exact) mass is 890 g/mol. The molecule has 0 spiro atoms. The van der Waals surface area contributed by atoms with Gasteiger partial charge in [-0.25, -0.2) is 0 Å². The summed E-state index contributed by atoms with van der Waals surface area (Å²) in [5.74, 6) is -0.0535. The second-order valence-corrected chi connectivity index (χ2v) is 19.6. The van der Waals surface area contributed by atoms with Crippen molar-refractivity contribution >= 4 is 11.9 Å². The molecule has 63 heavy (non-hydrogen) atoms. The van der Waals surface area contributed by atoms with Gasteiger partial charge >= 0.3 is 5.97 Å². The molecule has 1 amide bonds. The van der Waals surface area contributed by atoms with E-state index < -0.39 is 12.1 Å². The van der Waals surface area contributed by atoms with Crippen LogP contribution in [-0.2, 0) is 14.3 Å². The number of rotatable bonds is 53. The van der Waals surface area contributed by atoms with Crippen LogP contribution in [0.2, 0.25) is 0 Å². The minimum Gasteiger partial charge on any atom is -0.466 e. The second-order valence-electron chi connectivity index (χ2n) is 19.6. The molecule has 0 bridgehead atoms. The lowest BCUT2D eigenvalue weighted by Gasteiger charge is -2.22. The van der Waals surface area contributed by atoms with Crippen LogP contribution in [-0.4, -0.2) is 47.4 Å². The molecule has 0 saturated heterocycles. The molecular weight excluding hydrogens is 779 g/mol. The summed E-state index contributed by atoms with van der Waals surface area (Å²) in [6.45, 7) is 4.93. The van der Waals surface area contributed by atoms with Crippen LogP contribution in [0.3, 0.4) is 0 Å². The van der Waals surface area contributed by atoms with Crippen molar-refractivity contribution in [2.24, 2.45) is 0 Å². The number of ether oxygens (including phenoxy) is 1. The summed E-state index contributed by atoms with van der Waals surface area (Å²) < 4.78 is 5.46. The lowest BCUT2D eigenvalue weighted by atomic mass is 10.0. The van der Waals surface area contributed by atoms with E-state index in [9.17, 15) is 19.8 Å². The van der Waals surface area contributed by atoms with Crippen molar-refractivity contribution in [3.05, 3.63) is 12.2 Å². The van der Waals surface area contributed by atoms with Gasteiger partial charge in [0.2, 0.25) is 5.91 Å². The highest BCUT2D eigenvalue weighted by molar-refractivity contribution is 5.76. The van der Waals surface area contributed by atoms with Crippen molar-refractivity contribution in [3.63, 3.8) is 0 Å². The Hall–Kier alpha value is -1.40. The minimum atomic E-state index is -0.671. The first-order valence-corrected chi connectivity index (χ1v) is 28.4.